The minimum atomic E-state index is -1.28. The molecule has 3 fully saturated rings. The minimum absolute atomic E-state index is 0.0194. The van der Waals surface area contributed by atoms with Gasteiger partial charge in [-0.05, 0) is 53.6 Å². The third-order valence-corrected chi connectivity index (χ3v) is 10.3. The van der Waals surface area contributed by atoms with Crippen LogP contribution in [0.2, 0.25) is 0 Å². The Hall–Kier alpha value is -4.53. The first-order valence-corrected chi connectivity index (χ1v) is 17.1. The fourth-order valence-electron chi connectivity index (χ4n) is 7.47. The van der Waals surface area contributed by atoms with E-state index in [-0.39, 0.29) is 54.2 Å². The molecule has 4 N–H and O–H groups in total. The number of piperidine rings is 1. The van der Waals surface area contributed by atoms with Crippen LogP contribution in [0.4, 0.5) is 4.79 Å². The van der Waals surface area contributed by atoms with E-state index in [0.29, 0.717) is 0 Å². The molecule has 2 saturated carbocycles. The van der Waals surface area contributed by atoms with Gasteiger partial charge in [-0.1, -0.05) is 66.0 Å². The first-order chi connectivity index (χ1) is 23.1. The zero-order valence-electron chi connectivity index (χ0n) is 29.2. The molecular weight excluding hydrogens is 624 g/mol. The second kappa shape index (κ2) is 15.3. The lowest BCUT2D eigenvalue weighted by Crippen LogP contribution is -2.62. The lowest BCUT2D eigenvalue weighted by Gasteiger charge is -2.38. The van der Waals surface area contributed by atoms with Gasteiger partial charge in [0.25, 0.3) is 5.91 Å². The normalized spacial score (nSPS) is 23.0. The molecule has 1 saturated heterocycles. The Morgan fingerprint density at radius 3 is 2.37 bits per heavy atom. The quantitative estimate of drug-likeness (QED) is 0.108. The zero-order chi connectivity index (χ0) is 36.1. The average Bonchev–Trinajstić information content (AvgIpc) is 3.38. The SMILES string of the molecule is C#CCC(NC(=O)[C@@H]1C2[C@H](CN1C(=O)[C@@H](NC(=O)N[C@H](C(=O)c1ccccn1)C1CCCCC1)C(C)(C)C)C2(C)C)C(=O)C(=O)NCC=C. The van der Waals surface area contributed by atoms with Crippen LogP contribution in [0, 0.1) is 40.9 Å². The molecule has 0 spiro atoms. The highest BCUT2D eigenvalue weighted by atomic mass is 16.2. The molecule has 12 nitrogen and oxygen atoms in total. The summed E-state index contributed by atoms with van der Waals surface area (Å²) in [5.74, 6) is -1.04. The molecule has 0 aromatic carbocycles. The van der Waals surface area contributed by atoms with Crippen molar-refractivity contribution < 1.29 is 28.8 Å². The Bertz CT molecular complexity index is 1490. The average molecular weight is 675 g/mol. The van der Waals surface area contributed by atoms with Gasteiger partial charge in [-0.25, -0.2) is 4.79 Å². The number of Topliss-reactive ketones (excluding diaryl/α,β-unsaturated/α-hetero) is 2. The maximum absolute atomic E-state index is 14.4. The molecule has 12 heteroatoms. The predicted octanol–water partition coefficient (Wildman–Crippen LogP) is 2.79. The predicted molar refractivity (Wildman–Crippen MR) is 184 cm³/mol. The Labute approximate surface area is 289 Å². The molecule has 1 aromatic heterocycles. The van der Waals surface area contributed by atoms with Gasteiger partial charge in [-0.3, -0.25) is 29.0 Å². The smallest absolute Gasteiger partial charge is 0.316 e. The summed E-state index contributed by atoms with van der Waals surface area (Å²) in [6.45, 7) is 13.3. The van der Waals surface area contributed by atoms with Crippen molar-refractivity contribution in [3.05, 3.63) is 42.7 Å². The van der Waals surface area contributed by atoms with Gasteiger partial charge in [-0.15, -0.1) is 18.9 Å². The number of nitrogens with one attached hydrogen (secondary N) is 4. The van der Waals surface area contributed by atoms with Gasteiger partial charge in [0.15, 0.2) is 0 Å². The molecule has 1 aliphatic heterocycles. The van der Waals surface area contributed by atoms with Crippen molar-refractivity contribution in [1.29, 1.82) is 0 Å². The van der Waals surface area contributed by atoms with E-state index in [1.807, 2.05) is 34.6 Å². The molecule has 4 rings (SSSR count). The number of ketones is 2. The summed E-state index contributed by atoms with van der Waals surface area (Å²) in [5, 5.41) is 10.8. The summed E-state index contributed by atoms with van der Waals surface area (Å²) in [6, 6.07) is 0.292. The molecule has 6 atom stereocenters. The molecule has 2 unspecified atom stereocenters. The number of pyridine rings is 1. The lowest BCUT2D eigenvalue weighted by atomic mass is 9.81. The highest BCUT2D eigenvalue weighted by Crippen LogP contribution is 2.65. The van der Waals surface area contributed by atoms with E-state index in [0.717, 1.165) is 32.1 Å². The third kappa shape index (κ3) is 8.38. The van der Waals surface area contributed by atoms with Crippen LogP contribution in [-0.4, -0.2) is 82.5 Å². The number of hydrogen-bond donors (Lipinski definition) is 4. The molecule has 3 aliphatic rings. The van der Waals surface area contributed by atoms with Crippen LogP contribution in [0.3, 0.4) is 0 Å². The van der Waals surface area contributed by atoms with E-state index >= 15 is 0 Å². The summed E-state index contributed by atoms with van der Waals surface area (Å²) in [5.41, 5.74) is -0.768. The second-order valence-corrected chi connectivity index (χ2v) is 15.1. The number of likely N-dealkylation sites (tertiary alicyclic amines) is 1. The van der Waals surface area contributed by atoms with Crippen molar-refractivity contribution in [3.8, 4) is 12.3 Å². The molecule has 2 aliphatic carbocycles. The van der Waals surface area contributed by atoms with Gasteiger partial charge in [0.2, 0.25) is 23.4 Å². The number of carbonyl (C=O) groups is 6. The first kappa shape index (κ1) is 37.3. The molecule has 264 valence electrons. The number of hydrogen-bond acceptors (Lipinski definition) is 7. The van der Waals surface area contributed by atoms with Crippen molar-refractivity contribution in [2.45, 2.75) is 97.3 Å². The van der Waals surface area contributed by atoms with Crippen molar-refractivity contribution >= 4 is 35.3 Å². The number of amides is 5. The van der Waals surface area contributed by atoms with E-state index in [4.69, 9.17) is 6.42 Å². The Kier molecular flexibility index (Phi) is 11.7. The minimum Gasteiger partial charge on any atom is -0.346 e. The second-order valence-electron chi connectivity index (χ2n) is 15.1. The van der Waals surface area contributed by atoms with Gasteiger partial charge in [0, 0.05) is 25.7 Å². The molecule has 0 bridgehead atoms. The van der Waals surface area contributed by atoms with E-state index in [2.05, 4.69) is 38.8 Å². The van der Waals surface area contributed by atoms with Gasteiger partial charge in [0.05, 0.1) is 6.04 Å². The van der Waals surface area contributed by atoms with E-state index in [1.54, 1.807) is 18.2 Å². The van der Waals surface area contributed by atoms with Crippen LogP contribution in [0.1, 0.15) is 83.6 Å². The number of rotatable bonds is 13. The van der Waals surface area contributed by atoms with E-state index in [1.165, 1.54) is 17.2 Å². The fraction of sp³-hybridized carbons (Fsp3) is 0.595. The van der Waals surface area contributed by atoms with Gasteiger partial charge >= 0.3 is 6.03 Å². The van der Waals surface area contributed by atoms with Crippen LogP contribution in [-0.2, 0) is 19.2 Å². The van der Waals surface area contributed by atoms with Crippen LogP contribution >= 0.6 is 0 Å². The first-order valence-electron chi connectivity index (χ1n) is 17.1. The number of nitrogens with zero attached hydrogens (tertiary/aromatic N) is 2. The Morgan fingerprint density at radius 1 is 1.08 bits per heavy atom. The molecule has 5 amide bonds. The summed E-state index contributed by atoms with van der Waals surface area (Å²) in [7, 11) is 0. The molecule has 0 radical (unpaired) electrons. The van der Waals surface area contributed by atoms with Crippen LogP contribution in [0.5, 0.6) is 0 Å². The highest BCUT2D eigenvalue weighted by Gasteiger charge is 2.70. The molecular formula is C37H50N6O6. The summed E-state index contributed by atoms with van der Waals surface area (Å²) < 4.78 is 0. The van der Waals surface area contributed by atoms with E-state index < -0.39 is 59.1 Å². The topological polar surface area (TPSA) is 167 Å². The summed E-state index contributed by atoms with van der Waals surface area (Å²) >= 11 is 0. The molecule has 1 aromatic rings. The largest absolute Gasteiger partial charge is 0.346 e. The van der Waals surface area contributed by atoms with Gasteiger partial charge in [-0.2, -0.15) is 0 Å². The Morgan fingerprint density at radius 2 is 1.78 bits per heavy atom. The zero-order valence-corrected chi connectivity index (χ0v) is 29.2. The summed E-state index contributed by atoms with van der Waals surface area (Å²) in [6.07, 6.45) is 12.8. The number of urea groups is 1. The van der Waals surface area contributed by atoms with Gasteiger partial charge in [0.1, 0.15) is 23.8 Å². The molecule has 2 heterocycles. The lowest BCUT2D eigenvalue weighted by molar-refractivity contribution is -0.145. The maximum Gasteiger partial charge on any atom is 0.316 e. The summed E-state index contributed by atoms with van der Waals surface area (Å²) in [4.78, 5) is 86.6. The molecule has 49 heavy (non-hydrogen) atoms. The monoisotopic (exact) mass is 674 g/mol. The van der Waals surface area contributed by atoms with Crippen LogP contribution < -0.4 is 21.3 Å². The number of fused-ring (bicyclic) bond motifs is 1. The Balaban J connectivity index is 1.55. The highest BCUT2D eigenvalue weighted by molar-refractivity contribution is 6.38. The standard InChI is InChI=1S/C37H50N6O6/c1-8-15-25(30(45)33(47)39-19-9-2)40-32(46)28-26-23(37(26,6)7)21-43(28)34(48)31(36(3,4)5)42-35(49)41-27(22-16-11-10-12-17-22)29(44)24-18-13-14-20-38-24/h1,9,13-14,18,20,22-23,25-28,31H,2,10-12,15-17,19,21H2,3-7H3,(H,39,47)(H,40,46)(H2,41,42,49)/t23-,25?,26?,27-,28-,31+/m0/s1. The maximum atomic E-state index is 14.4. The van der Waals surface area contributed by atoms with Crippen molar-refractivity contribution in [2.24, 2.45) is 28.6 Å². The van der Waals surface area contributed by atoms with E-state index in [9.17, 15) is 28.8 Å². The number of aromatic nitrogens is 1. The van der Waals surface area contributed by atoms with Crippen LogP contribution in [0.15, 0.2) is 37.1 Å². The van der Waals surface area contributed by atoms with Crippen molar-refractivity contribution in [3.63, 3.8) is 0 Å². The fourth-order valence-corrected chi connectivity index (χ4v) is 7.47. The van der Waals surface area contributed by atoms with Crippen molar-refractivity contribution in [2.75, 3.05) is 13.1 Å². The number of carbonyl (C=O) groups excluding carboxylic acids is 6. The van der Waals surface area contributed by atoms with Gasteiger partial charge < -0.3 is 26.2 Å². The van der Waals surface area contributed by atoms with Crippen LogP contribution in [0.25, 0.3) is 0 Å². The third-order valence-electron chi connectivity index (χ3n) is 10.3. The number of terminal acetylenes is 1. The van der Waals surface area contributed by atoms with Crippen molar-refractivity contribution in [1.82, 2.24) is 31.2 Å².